The third-order valence-corrected chi connectivity index (χ3v) is 19.1. The van der Waals surface area contributed by atoms with E-state index in [1.807, 2.05) is 0 Å². The van der Waals surface area contributed by atoms with Gasteiger partial charge in [0.15, 0.2) is 0 Å². The zero-order chi connectivity index (χ0) is 27.3. The summed E-state index contributed by atoms with van der Waals surface area (Å²) in [6.07, 6.45) is 16.9. The highest BCUT2D eigenvalue weighted by atomic mass is 31.1. The predicted octanol–water partition coefficient (Wildman–Crippen LogP) is 9.58. The van der Waals surface area contributed by atoms with E-state index >= 15 is 0 Å². The molecule has 4 bridgehead atoms. The molecule has 5 saturated carbocycles. The van der Waals surface area contributed by atoms with E-state index in [0.717, 1.165) is 52.5 Å². The Morgan fingerprint density at radius 2 is 1.15 bits per heavy atom. The van der Waals surface area contributed by atoms with Crippen molar-refractivity contribution in [3.8, 4) is 0 Å². The quantitative estimate of drug-likeness (QED) is 0.234. The number of hydrogen-bond donors (Lipinski definition) is 0. The molecule has 0 nitrogen and oxygen atoms in total. The van der Waals surface area contributed by atoms with Crippen LogP contribution >= 0.6 is 15.8 Å². The largest absolute Gasteiger partial charge is 0.0965 e. The maximum absolute atomic E-state index is 2.80. The summed E-state index contributed by atoms with van der Waals surface area (Å²) in [5.74, 6) is 5.96. The number of rotatable bonds is 8. The number of fused-ring (bicyclic) bond motifs is 4. The lowest BCUT2D eigenvalue weighted by Crippen LogP contribution is -2.34. The lowest BCUT2D eigenvalue weighted by Gasteiger charge is -2.45. The average molecular weight is 579 g/mol. The van der Waals surface area contributed by atoms with Crippen molar-refractivity contribution in [2.24, 2.45) is 29.6 Å². The van der Waals surface area contributed by atoms with Gasteiger partial charge in [0.05, 0.1) is 0 Å². The van der Waals surface area contributed by atoms with Gasteiger partial charge in [-0.05, 0) is 133 Å². The smallest absolute Gasteiger partial charge is 0.0116 e. The Balaban J connectivity index is 1.16. The Bertz CT molecular complexity index is 1250. The first kappa shape index (κ1) is 27.1. The van der Waals surface area contributed by atoms with E-state index in [9.17, 15) is 0 Å². The second-order valence-electron chi connectivity index (χ2n) is 14.4. The Hall–Kier alpha value is -1.48. The van der Waals surface area contributed by atoms with Crippen molar-refractivity contribution in [1.82, 2.24) is 0 Å². The van der Waals surface area contributed by atoms with Gasteiger partial charge in [0, 0.05) is 0 Å². The molecule has 2 unspecified atom stereocenters. The first-order valence-corrected chi connectivity index (χ1v) is 19.9. The zero-order valence-electron chi connectivity index (χ0n) is 25.0. The van der Waals surface area contributed by atoms with Gasteiger partial charge in [-0.1, -0.05) is 119 Å². The van der Waals surface area contributed by atoms with Gasteiger partial charge in [-0.15, -0.1) is 0 Å². The van der Waals surface area contributed by atoms with E-state index in [2.05, 4.69) is 91.9 Å². The van der Waals surface area contributed by atoms with Crippen molar-refractivity contribution in [2.45, 2.75) is 100 Å². The van der Waals surface area contributed by atoms with E-state index in [-0.39, 0.29) is 7.92 Å². The van der Waals surface area contributed by atoms with Crippen LogP contribution in [0.15, 0.2) is 84.9 Å². The molecule has 0 aromatic heterocycles. The summed E-state index contributed by atoms with van der Waals surface area (Å²) in [6.45, 7) is 2.80. The molecule has 0 radical (unpaired) electrons. The van der Waals surface area contributed by atoms with Crippen molar-refractivity contribution in [1.29, 1.82) is 0 Å². The Morgan fingerprint density at radius 3 is 1.68 bits per heavy atom. The van der Waals surface area contributed by atoms with Gasteiger partial charge in [0.1, 0.15) is 0 Å². The van der Waals surface area contributed by atoms with Crippen molar-refractivity contribution in [3.05, 3.63) is 90.5 Å². The molecule has 0 aliphatic heterocycles. The molecule has 9 atom stereocenters. The fourth-order valence-corrected chi connectivity index (χ4v) is 18.4. The normalized spacial score (nSPS) is 34.7. The lowest BCUT2D eigenvalue weighted by molar-refractivity contribution is 0.433. The van der Waals surface area contributed by atoms with Gasteiger partial charge >= 0.3 is 0 Å². The maximum atomic E-state index is 2.80. The van der Waals surface area contributed by atoms with Gasteiger partial charge in [0.25, 0.3) is 0 Å². The molecular formula is C39H48P2. The van der Waals surface area contributed by atoms with Crippen LogP contribution in [0.3, 0.4) is 0 Å². The van der Waals surface area contributed by atoms with Crippen LogP contribution in [0.1, 0.15) is 89.0 Å². The lowest BCUT2D eigenvalue weighted by atomic mass is 9.87. The fourth-order valence-electron chi connectivity index (χ4n) is 10.8. The van der Waals surface area contributed by atoms with Crippen LogP contribution in [-0.4, -0.2) is 17.0 Å². The molecule has 3 aromatic rings. The van der Waals surface area contributed by atoms with Crippen LogP contribution in [0.25, 0.3) is 0 Å². The molecular weight excluding hydrogens is 530 g/mol. The summed E-state index contributed by atoms with van der Waals surface area (Å²) >= 11 is 0. The molecule has 0 N–H and O–H groups in total. The highest BCUT2D eigenvalue weighted by molar-refractivity contribution is 7.79. The summed E-state index contributed by atoms with van der Waals surface area (Å²) in [6, 6.07) is 32.6. The molecule has 0 saturated heterocycles. The van der Waals surface area contributed by atoms with E-state index in [1.165, 1.54) is 29.9 Å². The number of benzene rings is 3. The number of hydrogen-bond acceptors (Lipinski definition) is 0. The van der Waals surface area contributed by atoms with Crippen molar-refractivity contribution in [3.63, 3.8) is 0 Å². The van der Waals surface area contributed by atoms with E-state index in [4.69, 9.17) is 0 Å². The standard InChI is InChI=1S/C39H48P2/c1-27(40(38-25-28-19-21-30(38)23-28)39-26-29-20-22-31(39)24-29)34-16-10-17-35(34)36-15-8-9-18-37(36)41(32-11-4-2-5-12-32)33-13-6-3-7-14-33/h2-9,11-15,18,27-31,34-35,38-39H,10,16-17,19-26H2,1H3/t27-,28-,29-,30+,31+,34?,35?,38-,39-/m1/s1. The molecule has 2 heteroatoms. The van der Waals surface area contributed by atoms with Crippen LogP contribution in [-0.2, 0) is 0 Å². The van der Waals surface area contributed by atoms with Gasteiger partial charge in [-0.2, -0.15) is 0 Å². The topological polar surface area (TPSA) is 0 Å². The minimum atomic E-state index is -0.557. The first-order valence-electron chi connectivity index (χ1n) is 17.0. The second kappa shape index (κ2) is 11.5. The minimum absolute atomic E-state index is 0.111. The minimum Gasteiger partial charge on any atom is -0.0965 e. The first-order chi connectivity index (χ1) is 20.2. The summed E-state index contributed by atoms with van der Waals surface area (Å²) in [4.78, 5) is 0. The van der Waals surface area contributed by atoms with Gasteiger partial charge in [-0.25, -0.2) is 0 Å². The molecule has 41 heavy (non-hydrogen) atoms. The molecule has 5 aliphatic carbocycles. The maximum Gasteiger partial charge on any atom is -0.0116 e. The summed E-state index contributed by atoms with van der Waals surface area (Å²) in [5.41, 5.74) is 4.84. The SMILES string of the molecule is C[C@H](C1CCCC1c1ccccc1P(c1ccccc1)c1ccccc1)P([C@@H]1C[C@@H]2CC[C@H]1C2)[C@@H]1C[C@@H]2CC[C@H]1C2. The molecule has 214 valence electrons. The molecule has 0 heterocycles. The molecule has 0 amide bonds. The van der Waals surface area contributed by atoms with Gasteiger partial charge in [-0.3, -0.25) is 0 Å². The van der Waals surface area contributed by atoms with Crippen molar-refractivity contribution < 1.29 is 0 Å². The summed E-state index contributed by atoms with van der Waals surface area (Å²) in [7, 11) is -0.446. The highest BCUT2D eigenvalue weighted by Crippen LogP contribution is 2.71. The van der Waals surface area contributed by atoms with Crippen LogP contribution in [0, 0.1) is 29.6 Å². The Labute approximate surface area is 251 Å². The van der Waals surface area contributed by atoms with Gasteiger partial charge in [0.2, 0.25) is 0 Å². The van der Waals surface area contributed by atoms with Gasteiger partial charge < -0.3 is 0 Å². The monoisotopic (exact) mass is 578 g/mol. The van der Waals surface area contributed by atoms with Crippen LogP contribution in [0.2, 0.25) is 0 Å². The second-order valence-corrected chi connectivity index (χ2v) is 19.7. The summed E-state index contributed by atoms with van der Waals surface area (Å²) in [5, 5.41) is 4.62. The van der Waals surface area contributed by atoms with E-state index < -0.39 is 7.92 Å². The van der Waals surface area contributed by atoms with Crippen LogP contribution in [0.4, 0.5) is 0 Å². The van der Waals surface area contributed by atoms with Crippen molar-refractivity contribution in [2.75, 3.05) is 0 Å². The molecule has 3 aromatic carbocycles. The van der Waals surface area contributed by atoms with E-state index in [0.29, 0.717) is 0 Å². The molecule has 0 spiro atoms. The fraction of sp³-hybridized carbons (Fsp3) is 0.538. The zero-order valence-corrected chi connectivity index (χ0v) is 26.7. The Kier molecular flexibility index (Phi) is 7.63. The van der Waals surface area contributed by atoms with E-state index in [1.54, 1.807) is 62.2 Å². The third-order valence-electron chi connectivity index (χ3n) is 12.4. The highest BCUT2D eigenvalue weighted by Gasteiger charge is 2.53. The molecule has 5 fully saturated rings. The average Bonchev–Trinajstić information content (AvgIpc) is 3.86. The summed E-state index contributed by atoms with van der Waals surface area (Å²) < 4.78 is 0. The Morgan fingerprint density at radius 1 is 0.585 bits per heavy atom. The van der Waals surface area contributed by atoms with Crippen molar-refractivity contribution >= 4 is 31.8 Å². The van der Waals surface area contributed by atoms with Crippen LogP contribution < -0.4 is 15.9 Å². The molecule has 5 aliphatic rings. The predicted molar refractivity (Wildman–Crippen MR) is 180 cm³/mol. The van der Waals surface area contributed by atoms with Crippen LogP contribution in [0.5, 0.6) is 0 Å². The molecule has 8 rings (SSSR count). The third kappa shape index (κ3) is 4.98.